The summed E-state index contributed by atoms with van der Waals surface area (Å²) in [6.07, 6.45) is 1.77. The van der Waals surface area contributed by atoms with Gasteiger partial charge in [-0.3, -0.25) is 0 Å². The predicted molar refractivity (Wildman–Crippen MR) is 81.3 cm³/mol. The SMILES string of the molecule is CCNc1nccc(N(C)Cc2ccc(OC)cc2)n1. The molecule has 1 N–H and O–H groups in total. The van der Waals surface area contributed by atoms with Gasteiger partial charge in [0.2, 0.25) is 5.95 Å². The minimum absolute atomic E-state index is 0.659. The van der Waals surface area contributed by atoms with Crippen LogP contribution in [0.1, 0.15) is 12.5 Å². The van der Waals surface area contributed by atoms with Gasteiger partial charge in [0.25, 0.3) is 0 Å². The summed E-state index contributed by atoms with van der Waals surface area (Å²) in [7, 11) is 3.69. The van der Waals surface area contributed by atoms with Gasteiger partial charge in [-0.1, -0.05) is 12.1 Å². The molecule has 0 amide bonds. The van der Waals surface area contributed by atoms with Crippen molar-refractivity contribution < 1.29 is 4.74 Å². The zero-order chi connectivity index (χ0) is 14.4. The van der Waals surface area contributed by atoms with E-state index in [0.717, 1.165) is 24.7 Å². The van der Waals surface area contributed by atoms with Crippen molar-refractivity contribution in [1.82, 2.24) is 9.97 Å². The normalized spacial score (nSPS) is 10.2. The standard InChI is InChI=1S/C15H20N4O/c1-4-16-15-17-10-9-14(18-15)19(2)11-12-5-7-13(20-3)8-6-12/h5-10H,4,11H2,1-3H3,(H,16,17,18). The van der Waals surface area contributed by atoms with E-state index in [1.54, 1.807) is 13.3 Å². The Kier molecular flexibility index (Phi) is 4.76. The number of methoxy groups -OCH3 is 1. The number of nitrogens with zero attached hydrogens (tertiary/aromatic N) is 3. The Morgan fingerprint density at radius 3 is 2.60 bits per heavy atom. The molecule has 0 bridgehead atoms. The Morgan fingerprint density at radius 2 is 1.95 bits per heavy atom. The highest BCUT2D eigenvalue weighted by Crippen LogP contribution is 2.16. The first-order valence-electron chi connectivity index (χ1n) is 6.64. The largest absolute Gasteiger partial charge is 0.497 e. The molecule has 1 aromatic heterocycles. The van der Waals surface area contributed by atoms with E-state index < -0.39 is 0 Å². The van der Waals surface area contributed by atoms with Gasteiger partial charge in [-0.2, -0.15) is 4.98 Å². The number of hydrogen-bond acceptors (Lipinski definition) is 5. The fourth-order valence-corrected chi connectivity index (χ4v) is 1.89. The van der Waals surface area contributed by atoms with Crippen molar-refractivity contribution >= 4 is 11.8 Å². The lowest BCUT2D eigenvalue weighted by atomic mass is 10.2. The highest BCUT2D eigenvalue weighted by molar-refractivity contribution is 5.42. The van der Waals surface area contributed by atoms with Crippen LogP contribution in [-0.2, 0) is 6.54 Å². The summed E-state index contributed by atoms with van der Waals surface area (Å²) in [6.45, 7) is 3.62. The van der Waals surface area contributed by atoms with Gasteiger partial charge in [-0.05, 0) is 30.7 Å². The van der Waals surface area contributed by atoms with Crippen LogP contribution in [0.5, 0.6) is 5.75 Å². The molecule has 1 aromatic carbocycles. The number of ether oxygens (including phenoxy) is 1. The zero-order valence-corrected chi connectivity index (χ0v) is 12.1. The van der Waals surface area contributed by atoms with Crippen molar-refractivity contribution in [3.8, 4) is 5.75 Å². The lowest BCUT2D eigenvalue weighted by molar-refractivity contribution is 0.414. The van der Waals surface area contributed by atoms with Gasteiger partial charge in [0.1, 0.15) is 11.6 Å². The molecule has 20 heavy (non-hydrogen) atoms. The molecule has 0 spiro atoms. The quantitative estimate of drug-likeness (QED) is 0.875. The van der Waals surface area contributed by atoms with Gasteiger partial charge >= 0.3 is 0 Å². The van der Waals surface area contributed by atoms with Crippen LogP contribution in [0.25, 0.3) is 0 Å². The topological polar surface area (TPSA) is 50.3 Å². The van der Waals surface area contributed by atoms with Gasteiger partial charge in [0, 0.05) is 26.3 Å². The molecule has 5 heteroatoms. The van der Waals surface area contributed by atoms with E-state index in [9.17, 15) is 0 Å². The van der Waals surface area contributed by atoms with E-state index >= 15 is 0 Å². The molecule has 0 saturated carbocycles. The number of rotatable bonds is 6. The third-order valence-corrected chi connectivity index (χ3v) is 2.95. The molecule has 0 unspecified atom stereocenters. The maximum Gasteiger partial charge on any atom is 0.224 e. The van der Waals surface area contributed by atoms with Crippen LogP contribution in [0.3, 0.4) is 0 Å². The summed E-state index contributed by atoms with van der Waals surface area (Å²) in [6, 6.07) is 9.95. The summed E-state index contributed by atoms with van der Waals surface area (Å²) in [4.78, 5) is 10.7. The lowest BCUT2D eigenvalue weighted by Gasteiger charge is -2.18. The van der Waals surface area contributed by atoms with Crippen molar-refractivity contribution in [1.29, 1.82) is 0 Å². The fraction of sp³-hybridized carbons (Fsp3) is 0.333. The average molecular weight is 272 g/mol. The summed E-state index contributed by atoms with van der Waals surface area (Å²) in [5, 5.41) is 3.12. The van der Waals surface area contributed by atoms with Crippen LogP contribution < -0.4 is 15.0 Å². The monoisotopic (exact) mass is 272 g/mol. The van der Waals surface area contributed by atoms with E-state index in [0.29, 0.717) is 5.95 Å². The summed E-state index contributed by atoms with van der Waals surface area (Å²) in [5.74, 6) is 2.42. The lowest BCUT2D eigenvalue weighted by Crippen LogP contribution is -2.18. The molecule has 0 radical (unpaired) electrons. The van der Waals surface area contributed by atoms with Crippen LogP contribution in [0.4, 0.5) is 11.8 Å². The van der Waals surface area contributed by atoms with E-state index in [1.807, 2.05) is 32.2 Å². The second-order valence-corrected chi connectivity index (χ2v) is 4.47. The average Bonchev–Trinajstić information content (AvgIpc) is 2.48. The molecule has 2 aromatic rings. The maximum atomic E-state index is 5.16. The number of benzene rings is 1. The molecule has 0 aliphatic heterocycles. The van der Waals surface area contributed by atoms with Crippen molar-refractivity contribution in [2.75, 3.05) is 30.9 Å². The molecule has 0 saturated heterocycles. The minimum atomic E-state index is 0.659. The highest BCUT2D eigenvalue weighted by atomic mass is 16.5. The van der Waals surface area contributed by atoms with E-state index in [4.69, 9.17) is 4.74 Å². The molecule has 0 atom stereocenters. The fourth-order valence-electron chi connectivity index (χ4n) is 1.89. The Balaban J connectivity index is 2.06. The third-order valence-electron chi connectivity index (χ3n) is 2.95. The number of aromatic nitrogens is 2. The van der Waals surface area contributed by atoms with E-state index in [2.05, 4.69) is 32.3 Å². The van der Waals surface area contributed by atoms with Crippen LogP contribution in [0.15, 0.2) is 36.5 Å². The summed E-state index contributed by atoms with van der Waals surface area (Å²) >= 11 is 0. The maximum absolute atomic E-state index is 5.16. The third kappa shape index (κ3) is 3.60. The molecule has 1 heterocycles. The van der Waals surface area contributed by atoms with Gasteiger partial charge < -0.3 is 15.0 Å². The van der Waals surface area contributed by atoms with Crippen LogP contribution in [0, 0.1) is 0 Å². The molecule has 0 fully saturated rings. The van der Waals surface area contributed by atoms with Crippen LogP contribution >= 0.6 is 0 Å². The van der Waals surface area contributed by atoms with Gasteiger partial charge in [0.15, 0.2) is 0 Å². The van der Waals surface area contributed by atoms with Crippen LogP contribution in [-0.4, -0.2) is 30.7 Å². The molecule has 2 rings (SSSR count). The molecular formula is C15H20N4O. The van der Waals surface area contributed by atoms with Crippen molar-refractivity contribution in [2.24, 2.45) is 0 Å². The smallest absolute Gasteiger partial charge is 0.224 e. The van der Waals surface area contributed by atoms with Gasteiger partial charge in [-0.25, -0.2) is 4.98 Å². The van der Waals surface area contributed by atoms with E-state index in [1.165, 1.54) is 5.56 Å². The van der Waals surface area contributed by atoms with Gasteiger partial charge in [0.05, 0.1) is 7.11 Å². The number of anilines is 2. The molecule has 5 nitrogen and oxygen atoms in total. The Hall–Kier alpha value is -2.30. The first-order valence-corrected chi connectivity index (χ1v) is 6.64. The van der Waals surface area contributed by atoms with Crippen molar-refractivity contribution in [3.05, 3.63) is 42.1 Å². The Labute approximate surface area is 119 Å². The molecular weight excluding hydrogens is 252 g/mol. The van der Waals surface area contributed by atoms with Gasteiger partial charge in [-0.15, -0.1) is 0 Å². The van der Waals surface area contributed by atoms with Crippen molar-refractivity contribution in [3.63, 3.8) is 0 Å². The van der Waals surface area contributed by atoms with Crippen LogP contribution in [0.2, 0.25) is 0 Å². The Morgan fingerprint density at radius 1 is 1.20 bits per heavy atom. The summed E-state index contributed by atoms with van der Waals surface area (Å²) in [5.41, 5.74) is 1.21. The second-order valence-electron chi connectivity index (χ2n) is 4.47. The molecule has 106 valence electrons. The second kappa shape index (κ2) is 6.75. The highest BCUT2D eigenvalue weighted by Gasteiger charge is 2.05. The van der Waals surface area contributed by atoms with Crippen molar-refractivity contribution in [2.45, 2.75) is 13.5 Å². The minimum Gasteiger partial charge on any atom is -0.497 e. The first-order chi connectivity index (χ1) is 9.72. The number of nitrogens with one attached hydrogen (secondary N) is 1. The van der Waals surface area contributed by atoms with E-state index in [-0.39, 0.29) is 0 Å². The first kappa shape index (κ1) is 14.1. The zero-order valence-electron chi connectivity index (χ0n) is 12.1. The molecule has 0 aliphatic rings. The predicted octanol–water partition coefficient (Wildman–Crippen LogP) is 2.55. The Bertz CT molecular complexity index is 542. The summed E-state index contributed by atoms with van der Waals surface area (Å²) < 4.78 is 5.16. The molecule has 0 aliphatic carbocycles. The number of hydrogen-bond donors (Lipinski definition) is 1.